The second-order valence-corrected chi connectivity index (χ2v) is 10.8. The molecule has 1 aliphatic heterocycles. The molecule has 21 heteroatoms. The number of carbonyl (C=O) groups is 10. The molecule has 1 rings (SSSR count). The zero-order valence-corrected chi connectivity index (χ0v) is 29.3. The largest absolute Gasteiger partial charge is 0.463 e. The molecule has 51 heavy (non-hydrogen) atoms. The van der Waals surface area contributed by atoms with Crippen LogP contribution in [0.5, 0.6) is 0 Å². The predicted molar refractivity (Wildman–Crippen MR) is 159 cm³/mol. The summed E-state index contributed by atoms with van der Waals surface area (Å²) < 4.78 is 52.5. The van der Waals surface area contributed by atoms with E-state index in [1.165, 1.54) is 0 Å². The molecule has 0 bridgehead atoms. The van der Waals surface area contributed by atoms with Crippen LogP contribution in [0.3, 0.4) is 0 Å². The first-order chi connectivity index (χ1) is 23.6. The van der Waals surface area contributed by atoms with Gasteiger partial charge in [0.05, 0.1) is 0 Å². The van der Waals surface area contributed by atoms with E-state index >= 15 is 0 Å². The molecule has 1 heterocycles. The van der Waals surface area contributed by atoms with Crippen molar-refractivity contribution in [2.75, 3.05) is 13.2 Å². The van der Waals surface area contributed by atoms with Gasteiger partial charge in [-0.15, -0.1) is 0 Å². The van der Waals surface area contributed by atoms with Crippen molar-refractivity contribution >= 4 is 59.6 Å². The van der Waals surface area contributed by atoms with E-state index < -0.39 is 128 Å². The summed E-state index contributed by atoms with van der Waals surface area (Å²) in [7, 11) is 0. The van der Waals surface area contributed by atoms with Gasteiger partial charge in [0.1, 0.15) is 19.3 Å². The van der Waals surface area contributed by atoms with Crippen LogP contribution in [-0.2, 0) is 95.3 Å². The van der Waals surface area contributed by atoms with Crippen LogP contribution in [-0.4, -0.2) is 128 Å². The van der Waals surface area contributed by atoms with Crippen molar-refractivity contribution in [2.24, 2.45) is 0 Å². The summed E-state index contributed by atoms with van der Waals surface area (Å²) >= 11 is 0. The Bertz CT molecular complexity index is 1340. The predicted octanol–water partition coefficient (Wildman–Crippen LogP) is -1.52. The Labute approximate surface area is 291 Å². The third-order valence-corrected chi connectivity index (χ3v) is 6.19. The Morgan fingerprint density at radius 1 is 0.510 bits per heavy atom. The van der Waals surface area contributed by atoms with Crippen molar-refractivity contribution in [1.29, 1.82) is 0 Å². The van der Waals surface area contributed by atoms with Crippen molar-refractivity contribution in [2.45, 2.75) is 117 Å². The van der Waals surface area contributed by atoms with Gasteiger partial charge in [-0.05, 0) is 0 Å². The number of hydrogen-bond donors (Lipinski definition) is 1. The fraction of sp³-hybridized carbons (Fsp3) is 0.667. The molecular weight excluding hydrogens is 694 g/mol. The van der Waals surface area contributed by atoms with Gasteiger partial charge in [-0.25, -0.2) is 0 Å². The monoisotopic (exact) mass is 735 g/mol. The first-order valence-electron chi connectivity index (χ1n) is 15.1. The topological polar surface area (TPSA) is 275 Å². The van der Waals surface area contributed by atoms with Gasteiger partial charge in [0.25, 0.3) is 5.91 Å². The molecular formula is C30H41NO20. The highest BCUT2D eigenvalue weighted by Gasteiger charge is 2.54. The summed E-state index contributed by atoms with van der Waals surface area (Å²) in [6, 6.07) is 0. The molecule has 0 aromatic rings. The number of hydrogen-bond acceptors (Lipinski definition) is 20. The SMILES string of the molecule is CC(=O)OC[C@@H](OC(C)=O)[C@H](OC(C)=O)[C@H](OC(C)=O)[C@@H](OC(C)=O)C(=O)N[C@H]1O[C@H](COC(C)=O)[C@@H](OC(C)=O)[C@H](OC(C)=O)[C@H]1OC(C)=O. The molecule has 0 aromatic carbocycles. The average Bonchev–Trinajstić information content (AvgIpc) is 2.96. The van der Waals surface area contributed by atoms with Crippen molar-refractivity contribution in [3.8, 4) is 0 Å². The van der Waals surface area contributed by atoms with E-state index in [9.17, 15) is 47.9 Å². The maximum atomic E-state index is 14.1. The molecule has 0 aromatic heterocycles. The number of carbonyl (C=O) groups excluding carboxylic acids is 10. The van der Waals surface area contributed by atoms with Crippen LogP contribution < -0.4 is 5.32 Å². The van der Waals surface area contributed by atoms with E-state index in [0.29, 0.717) is 0 Å². The van der Waals surface area contributed by atoms with Crippen molar-refractivity contribution < 1.29 is 95.3 Å². The van der Waals surface area contributed by atoms with Crippen molar-refractivity contribution in [3.63, 3.8) is 0 Å². The van der Waals surface area contributed by atoms with Crippen LogP contribution in [0.15, 0.2) is 0 Å². The Morgan fingerprint density at radius 3 is 1.41 bits per heavy atom. The first-order valence-corrected chi connectivity index (χ1v) is 15.1. The summed E-state index contributed by atoms with van der Waals surface area (Å²) in [6.45, 7) is 7.01. The van der Waals surface area contributed by atoms with Gasteiger partial charge in [-0.1, -0.05) is 0 Å². The van der Waals surface area contributed by atoms with E-state index in [4.69, 9.17) is 47.4 Å². The Balaban J connectivity index is 3.88. The molecule has 21 nitrogen and oxygen atoms in total. The van der Waals surface area contributed by atoms with E-state index in [0.717, 1.165) is 62.3 Å². The average molecular weight is 736 g/mol. The molecule has 286 valence electrons. The first kappa shape index (κ1) is 43.7. The van der Waals surface area contributed by atoms with E-state index in [1.54, 1.807) is 0 Å². The summed E-state index contributed by atoms with van der Waals surface area (Å²) in [5.41, 5.74) is 0. The van der Waals surface area contributed by atoms with Crippen LogP contribution in [0.25, 0.3) is 0 Å². The highest BCUT2D eigenvalue weighted by molar-refractivity contribution is 5.85. The third kappa shape index (κ3) is 15.4. The van der Waals surface area contributed by atoms with E-state index in [1.807, 2.05) is 0 Å². The molecule has 1 saturated heterocycles. The van der Waals surface area contributed by atoms with Crippen LogP contribution in [0.2, 0.25) is 0 Å². The molecule has 0 radical (unpaired) electrons. The number of ether oxygens (including phenoxy) is 10. The normalized spacial score (nSPS) is 21.8. The minimum Gasteiger partial charge on any atom is -0.463 e. The number of rotatable bonds is 16. The van der Waals surface area contributed by atoms with Gasteiger partial charge in [0, 0.05) is 62.3 Å². The fourth-order valence-electron chi connectivity index (χ4n) is 4.66. The molecule has 0 aliphatic carbocycles. The van der Waals surface area contributed by atoms with Crippen molar-refractivity contribution in [3.05, 3.63) is 0 Å². The van der Waals surface area contributed by atoms with Crippen molar-refractivity contribution in [1.82, 2.24) is 5.32 Å². The smallest absolute Gasteiger partial charge is 0.303 e. The van der Waals surface area contributed by atoms with Gasteiger partial charge in [0.2, 0.25) is 6.10 Å². The molecule has 1 fully saturated rings. The molecule has 0 spiro atoms. The number of esters is 9. The Morgan fingerprint density at radius 2 is 0.961 bits per heavy atom. The zero-order valence-electron chi connectivity index (χ0n) is 29.3. The van der Waals surface area contributed by atoms with Crippen LogP contribution in [0.4, 0.5) is 0 Å². The van der Waals surface area contributed by atoms with Gasteiger partial charge >= 0.3 is 53.7 Å². The van der Waals surface area contributed by atoms with E-state index in [2.05, 4.69) is 5.32 Å². The van der Waals surface area contributed by atoms with Crippen LogP contribution in [0.1, 0.15) is 62.3 Å². The molecule has 0 unspecified atom stereocenters. The maximum Gasteiger partial charge on any atom is 0.303 e. The number of amides is 1. The highest BCUT2D eigenvalue weighted by Crippen LogP contribution is 2.29. The maximum absolute atomic E-state index is 14.1. The Hall–Kier alpha value is -5.34. The lowest BCUT2D eigenvalue weighted by molar-refractivity contribution is -0.257. The summed E-state index contributed by atoms with van der Waals surface area (Å²) in [6.07, 6.45) is -16.8. The van der Waals surface area contributed by atoms with Crippen LogP contribution >= 0.6 is 0 Å². The minimum absolute atomic E-state index is 0.664. The van der Waals surface area contributed by atoms with Gasteiger partial charge in [-0.3, -0.25) is 47.9 Å². The van der Waals surface area contributed by atoms with Crippen LogP contribution in [0, 0.1) is 0 Å². The lowest BCUT2D eigenvalue weighted by Crippen LogP contribution is -2.67. The summed E-state index contributed by atoms with van der Waals surface area (Å²) in [5.74, 6) is -10.4. The Kier molecular flexibility index (Phi) is 17.4. The fourth-order valence-corrected chi connectivity index (χ4v) is 4.66. The van der Waals surface area contributed by atoms with E-state index in [-0.39, 0.29) is 0 Å². The van der Waals surface area contributed by atoms with Gasteiger partial charge < -0.3 is 52.7 Å². The molecule has 1 amide bonds. The van der Waals surface area contributed by atoms with Gasteiger partial charge in [0.15, 0.2) is 42.9 Å². The molecule has 0 saturated carbocycles. The third-order valence-electron chi connectivity index (χ3n) is 6.19. The zero-order chi connectivity index (χ0) is 39.2. The number of nitrogens with one attached hydrogen (secondary N) is 1. The second-order valence-electron chi connectivity index (χ2n) is 10.8. The standard InChI is InChI=1S/C30H41NO20/c1-12(32)42-10-21(44-14(3)34)23(45-15(4)35)25(47-17(6)37)27(49-19(8)39)29(41)31-30-28(50-20(9)40)26(48-18(7)38)24(46-16(5)36)22(51-30)11-43-13(2)33/h21-28,30H,10-11H2,1-9H3,(H,31,41)/t21-,22-,23+,24-,25+,26+,27-,28-,30+/m1/s1. The molecule has 1 aliphatic rings. The lowest BCUT2D eigenvalue weighted by Gasteiger charge is -2.44. The highest BCUT2D eigenvalue weighted by atomic mass is 16.7. The summed E-state index contributed by atoms with van der Waals surface area (Å²) in [4.78, 5) is 123. The van der Waals surface area contributed by atoms with Gasteiger partial charge in [-0.2, -0.15) is 0 Å². The summed E-state index contributed by atoms with van der Waals surface area (Å²) in [5, 5.41) is 2.25. The quantitative estimate of drug-likeness (QED) is 0.139. The lowest BCUT2D eigenvalue weighted by atomic mass is 9.96. The molecule has 9 atom stereocenters. The molecule has 1 N–H and O–H groups in total. The minimum atomic E-state index is -2.31. The second kappa shape index (κ2) is 20.4.